The zero-order valence-corrected chi connectivity index (χ0v) is 17.7. The number of rotatable bonds is 3. The van der Waals surface area contributed by atoms with E-state index in [1.54, 1.807) is 0 Å². The summed E-state index contributed by atoms with van der Waals surface area (Å²) >= 11 is 0. The lowest BCUT2D eigenvalue weighted by atomic mass is 9.88. The molecule has 0 radical (unpaired) electrons. The number of benzene rings is 2. The van der Waals surface area contributed by atoms with E-state index >= 15 is 0 Å². The molecule has 1 aliphatic heterocycles. The quantitative estimate of drug-likeness (QED) is 0.492. The number of nitrogens with zero attached hydrogens (tertiary/aromatic N) is 2. The topological polar surface area (TPSA) is 34.5 Å². The second-order valence-corrected chi connectivity index (χ2v) is 7.69. The molecule has 1 aliphatic rings. The van der Waals surface area contributed by atoms with Crippen LogP contribution in [-0.4, -0.2) is 31.2 Å². The van der Waals surface area contributed by atoms with Crippen LogP contribution in [0.3, 0.4) is 0 Å². The number of methoxy groups -OCH3 is 1. The summed E-state index contributed by atoms with van der Waals surface area (Å²) in [5, 5.41) is 1.15. The molecule has 0 N–H and O–H groups in total. The number of likely N-dealkylation sites (N-methyl/N-ethyl adjacent to an activating group) is 1. The molecule has 0 spiro atoms. The highest BCUT2D eigenvalue weighted by molar-refractivity contribution is 6.07. The Labute approximate surface area is 172 Å². The fourth-order valence-corrected chi connectivity index (χ4v) is 4.45. The van der Waals surface area contributed by atoms with E-state index in [2.05, 4.69) is 72.5 Å². The predicted molar refractivity (Wildman–Crippen MR) is 118 cm³/mol. The highest BCUT2D eigenvalue weighted by Crippen LogP contribution is 2.44. The van der Waals surface area contributed by atoms with Gasteiger partial charge in [0.1, 0.15) is 0 Å². The zero-order chi connectivity index (χ0) is 20.7. The van der Waals surface area contributed by atoms with Gasteiger partial charge in [0.2, 0.25) is 0 Å². The van der Waals surface area contributed by atoms with Gasteiger partial charge in [0.05, 0.1) is 30.4 Å². The van der Waals surface area contributed by atoms with Gasteiger partial charge in [-0.25, -0.2) is 0 Å². The summed E-state index contributed by atoms with van der Waals surface area (Å²) in [5.41, 5.74) is 9.03. The second-order valence-electron chi connectivity index (χ2n) is 7.69. The summed E-state index contributed by atoms with van der Waals surface area (Å²) in [4.78, 5) is 14.6. The lowest BCUT2D eigenvalue weighted by Gasteiger charge is -2.31. The Morgan fingerprint density at radius 1 is 1.17 bits per heavy atom. The summed E-state index contributed by atoms with van der Waals surface area (Å²) in [7, 11) is 3.57. The normalized spacial score (nSPS) is 12.7. The molecule has 0 saturated heterocycles. The molecule has 0 aliphatic carbocycles. The van der Waals surface area contributed by atoms with E-state index in [0.29, 0.717) is 0 Å². The third-order valence-corrected chi connectivity index (χ3v) is 5.88. The van der Waals surface area contributed by atoms with Crippen molar-refractivity contribution in [1.82, 2.24) is 4.57 Å². The molecule has 4 rings (SSSR count). The Morgan fingerprint density at radius 3 is 2.55 bits per heavy atom. The van der Waals surface area contributed by atoms with Crippen LogP contribution in [-0.2, 0) is 22.5 Å². The van der Waals surface area contributed by atoms with Crippen LogP contribution < -0.4 is 4.90 Å². The molecule has 29 heavy (non-hydrogen) atoms. The number of carbonyl (C=O) groups is 1. The SMILES string of the molecule is CC#Cc1cc2c(-c3ccc(C)cc3)c(CC(=O)OC)c(C)c3c2n1CCN3C. The minimum absolute atomic E-state index is 0.223. The summed E-state index contributed by atoms with van der Waals surface area (Å²) in [6.07, 6.45) is 0.252. The monoisotopic (exact) mass is 386 g/mol. The molecule has 0 fully saturated rings. The van der Waals surface area contributed by atoms with Crippen LogP contribution in [0.25, 0.3) is 22.0 Å². The maximum Gasteiger partial charge on any atom is 0.310 e. The molecule has 4 heteroatoms. The van der Waals surface area contributed by atoms with E-state index in [4.69, 9.17) is 4.74 Å². The van der Waals surface area contributed by atoms with Gasteiger partial charge in [-0.2, -0.15) is 0 Å². The van der Waals surface area contributed by atoms with Crippen LogP contribution in [0.1, 0.15) is 29.3 Å². The third kappa shape index (κ3) is 3.07. The lowest BCUT2D eigenvalue weighted by Crippen LogP contribution is -2.29. The van der Waals surface area contributed by atoms with Gasteiger partial charge in [-0.15, -0.1) is 0 Å². The van der Waals surface area contributed by atoms with Crippen LogP contribution in [0.15, 0.2) is 30.3 Å². The van der Waals surface area contributed by atoms with Gasteiger partial charge in [-0.3, -0.25) is 4.79 Å². The molecular formula is C25H26N2O2. The standard InChI is InChI=1S/C25H26N2O2/c1-6-7-19-14-21-23(18-10-8-16(2)9-11-18)20(15-22(28)29-5)17(3)24-25(21)27(19)13-12-26(24)4/h8-11,14H,12-13,15H2,1-5H3. The molecule has 1 aromatic heterocycles. The number of ether oxygens (including phenoxy) is 1. The van der Waals surface area contributed by atoms with Crippen molar-refractivity contribution in [2.45, 2.75) is 33.7 Å². The predicted octanol–water partition coefficient (Wildman–Crippen LogP) is 4.46. The van der Waals surface area contributed by atoms with Crippen molar-refractivity contribution in [2.75, 3.05) is 25.6 Å². The largest absolute Gasteiger partial charge is 0.469 e. The Hall–Kier alpha value is -3.19. The number of anilines is 1. The van der Waals surface area contributed by atoms with Crippen molar-refractivity contribution in [2.24, 2.45) is 0 Å². The number of esters is 1. The average molecular weight is 386 g/mol. The summed E-state index contributed by atoms with van der Waals surface area (Å²) in [6.45, 7) is 7.89. The first-order chi connectivity index (χ1) is 14.0. The maximum atomic E-state index is 12.3. The maximum absolute atomic E-state index is 12.3. The molecule has 0 unspecified atom stereocenters. The van der Waals surface area contributed by atoms with Crippen LogP contribution in [0, 0.1) is 25.7 Å². The van der Waals surface area contributed by atoms with Gasteiger partial charge in [0, 0.05) is 25.5 Å². The zero-order valence-electron chi connectivity index (χ0n) is 17.7. The molecule has 0 atom stereocenters. The van der Waals surface area contributed by atoms with Crippen molar-refractivity contribution >= 4 is 22.6 Å². The molecule has 148 valence electrons. The first kappa shape index (κ1) is 19.1. The highest BCUT2D eigenvalue weighted by atomic mass is 16.5. The van der Waals surface area contributed by atoms with Gasteiger partial charge in [0.25, 0.3) is 0 Å². The third-order valence-electron chi connectivity index (χ3n) is 5.88. The molecule has 0 saturated carbocycles. The number of hydrogen-bond acceptors (Lipinski definition) is 3. The minimum atomic E-state index is -0.223. The van der Waals surface area contributed by atoms with E-state index in [1.807, 2.05) is 6.92 Å². The molecular weight excluding hydrogens is 360 g/mol. The first-order valence-corrected chi connectivity index (χ1v) is 9.92. The molecule has 4 nitrogen and oxygen atoms in total. The second kappa shape index (κ2) is 7.33. The van der Waals surface area contributed by atoms with E-state index in [0.717, 1.165) is 46.4 Å². The van der Waals surface area contributed by atoms with Gasteiger partial charge in [0.15, 0.2) is 0 Å². The van der Waals surface area contributed by atoms with Crippen LogP contribution in [0.5, 0.6) is 0 Å². The van der Waals surface area contributed by atoms with Crippen LogP contribution >= 0.6 is 0 Å². The molecule has 3 aromatic rings. The Balaban J connectivity index is 2.15. The van der Waals surface area contributed by atoms with E-state index in [1.165, 1.54) is 23.9 Å². The fourth-order valence-electron chi connectivity index (χ4n) is 4.45. The van der Waals surface area contributed by atoms with E-state index in [-0.39, 0.29) is 12.4 Å². The van der Waals surface area contributed by atoms with Crippen molar-refractivity contribution in [3.63, 3.8) is 0 Å². The van der Waals surface area contributed by atoms with Crippen LogP contribution in [0.2, 0.25) is 0 Å². The average Bonchev–Trinajstić information content (AvgIpc) is 3.06. The lowest BCUT2D eigenvalue weighted by molar-refractivity contribution is -0.139. The number of hydrogen-bond donors (Lipinski definition) is 0. The van der Waals surface area contributed by atoms with E-state index < -0.39 is 0 Å². The van der Waals surface area contributed by atoms with Gasteiger partial charge >= 0.3 is 5.97 Å². The van der Waals surface area contributed by atoms with Gasteiger partial charge < -0.3 is 14.2 Å². The molecule has 0 bridgehead atoms. The van der Waals surface area contributed by atoms with Crippen molar-refractivity contribution < 1.29 is 9.53 Å². The van der Waals surface area contributed by atoms with Gasteiger partial charge in [-0.1, -0.05) is 35.7 Å². The van der Waals surface area contributed by atoms with Gasteiger partial charge in [-0.05, 0) is 55.0 Å². The van der Waals surface area contributed by atoms with Crippen molar-refractivity contribution in [3.05, 3.63) is 52.7 Å². The number of carbonyl (C=O) groups excluding carboxylic acids is 1. The van der Waals surface area contributed by atoms with Crippen molar-refractivity contribution in [3.8, 4) is 23.0 Å². The van der Waals surface area contributed by atoms with Crippen LogP contribution in [0.4, 0.5) is 5.69 Å². The molecule has 2 aromatic carbocycles. The van der Waals surface area contributed by atoms with Crippen molar-refractivity contribution in [1.29, 1.82) is 0 Å². The summed E-state index contributed by atoms with van der Waals surface area (Å²) in [6, 6.07) is 10.7. The fraction of sp³-hybridized carbons (Fsp3) is 0.320. The smallest absolute Gasteiger partial charge is 0.310 e. The summed E-state index contributed by atoms with van der Waals surface area (Å²) in [5.74, 6) is 6.10. The molecule has 2 heterocycles. The van der Waals surface area contributed by atoms with E-state index in [9.17, 15) is 4.79 Å². The Morgan fingerprint density at radius 2 is 1.90 bits per heavy atom. The number of aryl methyl sites for hydroxylation is 1. The Kier molecular flexibility index (Phi) is 4.84. The Bertz CT molecular complexity index is 1170. The number of aromatic nitrogens is 1. The first-order valence-electron chi connectivity index (χ1n) is 9.92. The minimum Gasteiger partial charge on any atom is -0.469 e. The summed E-state index contributed by atoms with van der Waals surface area (Å²) < 4.78 is 7.36. The highest BCUT2D eigenvalue weighted by Gasteiger charge is 2.28. The molecule has 0 amide bonds.